The highest BCUT2D eigenvalue weighted by atomic mass is 32.1. The first-order chi connectivity index (χ1) is 15.2. The van der Waals surface area contributed by atoms with Crippen molar-refractivity contribution >= 4 is 34.3 Å². The van der Waals surface area contributed by atoms with Gasteiger partial charge < -0.3 is 15.4 Å². The van der Waals surface area contributed by atoms with Crippen LogP contribution in [0.3, 0.4) is 0 Å². The third-order valence-electron chi connectivity index (χ3n) is 4.34. The maximum Gasteiger partial charge on any atom is 0.353 e. The first-order valence-electron chi connectivity index (χ1n) is 9.54. The summed E-state index contributed by atoms with van der Waals surface area (Å²) < 4.78 is 5.77. The van der Waals surface area contributed by atoms with Crippen molar-refractivity contribution in [2.75, 3.05) is 17.2 Å². The lowest BCUT2D eigenvalue weighted by Gasteiger charge is -2.11. The lowest BCUT2D eigenvalue weighted by Crippen LogP contribution is -2.10. The average molecular weight is 433 g/mol. The van der Waals surface area contributed by atoms with E-state index in [9.17, 15) is 10.1 Å². The van der Waals surface area contributed by atoms with Gasteiger partial charge in [0.2, 0.25) is 11.6 Å². The monoisotopic (exact) mass is 433 g/mol. The number of thiophene rings is 1. The van der Waals surface area contributed by atoms with Gasteiger partial charge in [0.25, 0.3) is 0 Å². The highest BCUT2D eigenvalue weighted by Gasteiger charge is 2.23. The van der Waals surface area contributed by atoms with Gasteiger partial charge in [-0.25, -0.2) is 9.97 Å². The Labute approximate surface area is 182 Å². The van der Waals surface area contributed by atoms with Gasteiger partial charge in [0.15, 0.2) is 0 Å². The molecule has 31 heavy (non-hydrogen) atoms. The molecular formula is C22H19N5O3S. The molecule has 9 heteroatoms. The van der Waals surface area contributed by atoms with Crippen molar-refractivity contribution in [3.63, 3.8) is 0 Å². The first kappa shape index (κ1) is 20.3. The van der Waals surface area contributed by atoms with Crippen LogP contribution in [0.5, 0.6) is 11.5 Å². The molecule has 0 aliphatic carbocycles. The Morgan fingerprint density at radius 3 is 2.39 bits per heavy atom. The minimum atomic E-state index is -0.483. The minimum absolute atomic E-state index is 0.121. The van der Waals surface area contributed by atoms with E-state index in [1.165, 1.54) is 11.2 Å². The van der Waals surface area contributed by atoms with E-state index in [1.54, 1.807) is 35.6 Å². The molecule has 0 unspecified atom stereocenters. The van der Waals surface area contributed by atoms with Crippen molar-refractivity contribution in [3.05, 3.63) is 93.4 Å². The second-order valence-corrected chi connectivity index (χ2v) is 7.53. The first-order valence-corrected chi connectivity index (χ1v) is 10.4. The van der Waals surface area contributed by atoms with Crippen molar-refractivity contribution in [3.8, 4) is 11.5 Å². The minimum Gasteiger partial charge on any atom is -0.457 e. The molecule has 2 heterocycles. The van der Waals surface area contributed by atoms with Crippen LogP contribution in [0, 0.1) is 10.1 Å². The fraction of sp³-hybridized carbons (Fsp3) is 0.0909. The molecule has 156 valence electrons. The van der Waals surface area contributed by atoms with Crippen LogP contribution >= 0.6 is 11.3 Å². The highest BCUT2D eigenvalue weighted by Crippen LogP contribution is 2.32. The molecule has 2 N–H and O–H groups in total. The van der Waals surface area contributed by atoms with E-state index in [1.807, 2.05) is 47.8 Å². The van der Waals surface area contributed by atoms with Crippen LogP contribution in [-0.2, 0) is 6.42 Å². The summed E-state index contributed by atoms with van der Waals surface area (Å²) in [7, 11) is 0. The van der Waals surface area contributed by atoms with Gasteiger partial charge in [0.05, 0.1) is 4.92 Å². The molecule has 8 nitrogen and oxygen atoms in total. The van der Waals surface area contributed by atoms with Crippen molar-refractivity contribution < 1.29 is 9.66 Å². The van der Waals surface area contributed by atoms with Crippen molar-refractivity contribution in [1.29, 1.82) is 0 Å². The third-order valence-corrected chi connectivity index (χ3v) is 5.28. The Morgan fingerprint density at radius 2 is 1.68 bits per heavy atom. The van der Waals surface area contributed by atoms with E-state index in [-0.39, 0.29) is 17.3 Å². The second-order valence-electron chi connectivity index (χ2n) is 6.50. The van der Waals surface area contributed by atoms with Crippen LogP contribution in [-0.4, -0.2) is 21.4 Å². The lowest BCUT2D eigenvalue weighted by molar-refractivity contribution is -0.383. The van der Waals surface area contributed by atoms with Crippen LogP contribution in [0.4, 0.5) is 23.0 Å². The summed E-state index contributed by atoms with van der Waals surface area (Å²) in [6.45, 7) is 0.531. The Hall–Kier alpha value is -3.98. The van der Waals surface area contributed by atoms with Crippen LogP contribution < -0.4 is 15.4 Å². The number of hydrogen-bond donors (Lipinski definition) is 2. The maximum absolute atomic E-state index is 11.7. The maximum atomic E-state index is 11.7. The second kappa shape index (κ2) is 9.68. The van der Waals surface area contributed by atoms with Gasteiger partial charge in [-0.2, -0.15) is 0 Å². The number of benzene rings is 2. The summed E-state index contributed by atoms with van der Waals surface area (Å²) in [5.41, 5.74) is 0.449. The fourth-order valence-electron chi connectivity index (χ4n) is 2.90. The molecular weight excluding hydrogens is 414 g/mol. The molecule has 0 amide bonds. The van der Waals surface area contributed by atoms with Gasteiger partial charge >= 0.3 is 5.69 Å². The van der Waals surface area contributed by atoms with Crippen molar-refractivity contribution in [2.24, 2.45) is 0 Å². The SMILES string of the molecule is O=[N+]([O-])c1c(NCCc2cccs2)ncnc1Nc1ccc(Oc2ccccc2)cc1. The van der Waals surface area contributed by atoms with Crippen molar-refractivity contribution in [1.82, 2.24) is 9.97 Å². The largest absolute Gasteiger partial charge is 0.457 e. The van der Waals surface area contributed by atoms with Gasteiger partial charge in [-0.15, -0.1) is 11.3 Å². The van der Waals surface area contributed by atoms with Gasteiger partial charge in [-0.1, -0.05) is 24.3 Å². The molecule has 0 radical (unpaired) electrons. The average Bonchev–Trinajstić information content (AvgIpc) is 3.29. The number of hydrogen-bond acceptors (Lipinski definition) is 8. The van der Waals surface area contributed by atoms with E-state index >= 15 is 0 Å². The third kappa shape index (κ3) is 5.34. The fourth-order valence-corrected chi connectivity index (χ4v) is 3.61. The summed E-state index contributed by atoms with van der Waals surface area (Å²) in [4.78, 5) is 20.6. The van der Waals surface area contributed by atoms with Gasteiger partial charge in [0.1, 0.15) is 17.8 Å². The van der Waals surface area contributed by atoms with E-state index in [4.69, 9.17) is 4.74 Å². The molecule has 0 bridgehead atoms. The lowest BCUT2D eigenvalue weighted by atomic mass is 10.3. The Bertz CT molecular complexity index is 1140. The molecule has 2 aromatic heterocycles. The molecule has 4 aromatic rings. The molecule has 0 spiro atoms. The molecule has 0 atom stereocenters. The van der Waals surface area contributed by atoms with Gasteiger partial charge in [-0.05, 0) is 54.3 Å². The van der Waals surface area contributed by atoms with E-state index in [0.717, 1.165) is 12.2 Å². The number of para-hydroxylation sites is 1. The standard InChI is InChI=1S/C22H19N5O3S/c28-27(29)20-21(23-13-12-19-7-4-14-31-19)24-15-25-22(20)26-16-8-10-18(11-9-16)30-17-5-2-1-3-6-17/h1-11,14-15H,12-13H2,(H2,23,24,25,26). The number of anilines is 3. The normalized spacial score (nSPS) is 10.5. The van der Waals surface area contributed by atoms with Crippen LogP contribution in [0.25, 0.3) is 0 Å². The summed E-state index contributed by atoms with van der Waals surface area (Å²) in [5.74, 6) is 1.69. The number of rotatable bonds is 9. The van der Waals surface area contributed by atoms with Crippen LogP contribution in [0.2, 0.25) is 0 Å². The molecule has 0 aliphatic rings. The van der Waals surface area contributed by atoms with Gasteiger partial charge in [0, 0.05) is 17.1 Å². The zero-order chi connectivity index (χ0) is 21.5. The molecule has 0 aliphatic heterocycles. The number of nitrogens with one attached hydrogen (secondary N) is 2. The number of ether oxygens (including phenoxy) is 1. The molecule has 0 saturated carbocycles. The number of aromatic nitrogens is 2. The topological polar surface area (TPSA) is 102 Å². The number of nitro groups is 1. The summed E-state index contributed by atoms with van der Waals surface area (Å²) in [6, 6.07) is 20.5. The zero-order valence-electron chi connectivity index (χ0n) is 16.4. The molecule has 4 rings (SSSR count). The number of nitrogens with zero attached hydrogens (tertiary/aromatic N) is 3. The summed E-state index contributed by atoms with van der Waals surface area (Å²) in [6.07, 6.45) is 2.06. The summed E-state index contributed by atoms with van der Waals surface area (Å²) >= 11 is 1.65. The molecule has 0 fully saturated rings. The smallest absolute Gasteiger partial charge is 0.353 e. The Morgan fingerprint density at radius 1 is 0.935 bits per heavy atom. The predicted octanol–water partition coefficient (Wildman–Crippen LogP) is 5.64. The Balaban J connectivity index is 1.46. The van der Waals surface area contributed by atoms with Gasteiger partial charge in [-0.3, -0.25) is 10.1 Å². The molecule has 2 aromatic carbocycles. The van der Waals surface area contributed by atoms with Crippen LogP contribution in [0.1, 0.15) is 4.88 Å². The van der Waals surface area contributed by atoms with E-state index in [0.29, 0.717) is 18.0 Å². The predicted molar refractivity (Wildman–Crippen MR) is 121 cm³/mol. The van der Waals surface area contributed by atoms with E-state index < -0.39 is 4.92 Å². The van der Waals surface area contributed by atoms with Crippen LogP contribution in [0.15, 0.2) is 78.4 Å². The highest BCUT2D eigenvalue weighted by molar-refractivity contribution is 7.09. The quantitative estimate of drug-likeness (QED) is 0.260. The Kier molecular flexibility index (Phi) is 6.34. The van der Waals surface area contributed by atoms with Crippen molar-refractivity contribution in [2.45, 2.75) is 6.42 Å². The summed E-state index contributed by atoms with van der Waals surface area (Å²) in [5, 5.41) is 19.8. The molecule has 0 saturated heterocycles. The zero-order valence-corrected chi connectivity index (χ0v) is 17.2. The van der Waals surface area contributed by atoms with E-state index in [2.05, 4.69) is 20.6 Å².